The van der Waals surface area contributed by atoms with Crippen molar-refractivity contribution in [2.24, 2.45) is 0 Å². The summed E-state index contributed by atoms with van der Waals surface area (Å²) in [5.74, 6) is -1.82. The number of cyclic esters (lactones) is 1. The first-order valence-corrected chi connectivity index (χ1v) is 7.34. The molecule has 0 bridgehead atoms. The SMILES string of the molecule is C[C@@]1(C(=O)Nc2ccc(Cl)cc2F)Cc2ccccc2C(=O)O1. The molecule has 0 aromatic heterocycles. The van der Waals surface area contributed by atoms with Crippen LogP contribution in [-0.2, 0) is 16.0 Å². The van der Waals surface area contributed by atoms with Gasteiger partial charge in [-0.25, -0.2) is 9.18 Å². The molecule has 0 saturated heterocycles. The predicted octanol–water partition coefficient (Wildman–Crippen LogP) is 3.59. The summed E-state index contributed by atoms with van der Waals surface area (Å²) in [4.78, 5) is 24.6. The first kappa shape index (κ1) is 15.5. The highest BCUT2D eigenvalue weighted by atomic mass is 35.5. The Balaban J connectivity index is 1.86. The van der Waals surface area contributed by atoms with Gasteiger partial charge in [0.1, 0.15) is 5.82 Å². The Morgan fingerprint density at radius 3 is 2.78 bits per heavy atom. The number of fused-ring (bicyclic) bond motifs is 1. The van der Waals surface area contributed by atoms with Gasteiger partial charge in [0.05, 0.1) is 11.3 Å². The first-order valence-electron chi connectivity index (χ1n) is 6.97. The molecule has 0 radical (unpaired) electrons. The Bertz CT molecular complexity index is 808. The predicted molar refractivity (Wildman–Crippen MR) is 84.0 cm³/mol. The molecule has 1 aliphatic rings. The third-order valence-corrected chi connectivity index (χ3v) is 3.98. The molecular formula is C17H13ClFNO3. The van der Waals surface area contributed by atoms with Crippen LogP contribution < -0.4 is 5.32 Å². The van der Waals surface area contributed by atoms with Gasteiger partial charge in [0.15, 0.2) is 5.60 Å². The van der Waals surface area contributed by atoms with E-state index in [9.17, 15) is 14.0 Å². The van der Waals surface area contributed by atoms with E-state index in [2.05, 4.69) is 5.32 Å². The van der Waals surface area contributed by atoms with Crippen LogP contribution in [0, 0.1) is 5.82 Å². The van der Waals surface area contributed by atoms with Crippen LogP contribution in [0.5, 0.6) is 0 Å². The number of hydrogen-bond acceptors (Lipinski definition) is 3. The maximum Gasteiger partial charge on any atom is 0.339 e. The van der Waals surface area contributed by atoms with Gasteiger partial charge in [-0.15, -0.1) is 0 Å². The number of amides is 1. The Labute approximate surface area is 137 Å². The van der Waals surface area contributed by atoms with E-state index in [0.717, 1.165) is 11.6 Å². The quantitative estimate of drug-likeness (QED) is 0.854. The summed E-state index contributed by atoms with van der Waals surface area (Å²) in [7, 11) is 0. The van der Waals surface area contributed by atoms with E-state index in [1.54, 1.807) is 24.3 Å². The van der Waals surface area contributed by atoms with Gasteiger partial charge in [-0.05, 0) is 36.8 Å². The summed E-state index contributed by atoms with van der Waals surface area (Å²) < 4.78 is 19.1. The number of ether oxygens (including phenoxy) is 1. The number of anilines is 1. The van der Waals surface area contributed by atoms with Crippen molar-refractivity contribution in [3.8, 4) is 0 Å². The van der Waals surface area contributed by atoms with Crippen LogP contribution in [-0.4, -0.2) is 17.5 Å². The summed E-state index contributed by atoms with van der Waals surface area (Å²) >= 11 is 5.68. The van der Waals surface area contributed by atoms with Gasteiger partial charge in [-0.1, -0.05) is 29.8 Å². The summed E-state index contributed by atoms with van der Waals surface area (Å²) in [6, 6.07) is 10.8. The molecule has 1 aliphatic heterocycles. The number of carbonyl (C=O) groups is 2. The number of hydrogen-bond donors (Lipinski definition) is 1. The van der Waals surface area contributed by atoms with E-state index in [1.807, 2.05) is 0 Å². The second-order valence-corrected chi connectivity index (χ2v) is 5.97. The van der Waals surface area contributed by atoms with Crippen molar-refractivity contribution in [1.82, 2.24) is 0 Å². The van der Waals surface area contributed by atoms with Gasteiger partial charge in [0, 0.05) is 11.4 Å². The fourth-order valence-corrected chi connectivity index (χ4v) is 2.66. The molecule has 2 aromatic rings. The Morgan fingerprint density at radius 1 is 1.30 bits per heavy atom. The normalized spacial score (nSPS) is 19.7. The molecule has 1 heterocycles. The van der Waals surface area contributed by atoms with Gasteiger partial charge in [0.25, 0.3) is 5.91 Å². The molecule has 4 nitrogen and oxygen atoms in total. The second-order valence-electron chi connectivity index (χ2n) is 5.53. The van der Waals surface area contributed by atoms with Crippen molar-refractivity contribution in [2.75, 3.05) is 5.32 Å². The minimum absolute atomic E-state index is 0.0180. The zero-order valence-corrected chi connectivity index (χ0v) is 13.0. The van der Waals surface area contributed by atoms with E-state index >= 15 is 0 Å². The molecule has 118 valence electrons. The monoisotopic (exact) mass is 333 g/mol. The molecule has 6 heteroatoms. The number of halogens is 2. The van der Waals surface area contributed by atoms with Crippen LogP contribution in [0.15, 0.2) is 42.5 Å². The maximum absolute atomic E-state index is 13.8. The van der Waals surface area contributed by atoms with Crippen LogP contribution >= 0.6 is 11.6 Å². The molecule has 0 spiro atoms. The lowest BCUT2D eigenvalue weighted by molar-refractivity contribution is -0.134. The van der Waals surface area contributed by atoms with Crippen LogP contribution in [0.25, 0.3) is 0 Å². The highest BCUT2D eigenvalue weighted by Gasteiger charge is 2.42. The van der Waals surface area contributed by atoms with Crippen LogP contribution in [0.1, 0.15) is 22.8 Å². The smallest absolute Gasteiger partial charge is 0.339 e. The largest absolute Gasteiger partial charge is 0.445 e. The van der Waals surface area contributed by atoms with Crippen molar-refractivity contribution in [3.63, 3.8) is 0 Å². The third-order valence-electron chi connectivity index (χ3n) is 3.74. The number of esters is 1. The zero-order valence-electron chi connectivity index (χ0n) is 12.2. The number of rotatable bonds is 2. The summed E-state index contributed by atoms with van der Waals surface area (Å²) in [6.07, 6.45) is 0.218. The van der Waals surface area contributed by atoms with E-state index < -0.39 is 23.3 Å². The standard InChI is InChI=1S/C17H13ClFNO3/c1-17(9-10-4-2-3-5-12(10)15(21)23-17)16(22)20-14-7-6-11(18)8-13(14)19/h2-8H,9H2,1H3,(H,20,22)/t17-/m0/s1. The molecular weight excluding hydrogens is 321 g/mol. The molecule has 1 atom stereocenters. The van der Waals surface area contributed by atoms with Crippen molar-refractivity contribution >= 4 is 29.2 Å². The van der Waals surface area contributed by atoms with Gasteiger partial charge < -0.3 is 10.1 Å². The molecule has 0 fully saturated rings. The molecule has 0 saturated carbocycles. The van der Waals surface area contributed by atoms with Crippen LogP contribution in [0.2, 0.25) is 5.02 Å². The van der Waals surface area contributed by atoms with E-state index in [4.69, 9.17) is 16.3 Å². The van der Waals surface area contributed by atoms with Crippen molar-refractivity contribution in [1.29, 1.82) is 0 Å². The number of nitrogens with one attached hydrogen (secondary N) is 1. The summed E-state index contributed by atoms with van der Waals surface area (Å²) in [5, 5.41) is 2.68. The highest BCUT2D eigenvalue weighted by Crippen LogP contribution is 2.30. The lowest BCUT2D eigenvalue weighted by Gasteiger charge is -2.33. The van der Waals surface area contributed by atoms with Crippen LogP contribution in [0.3, 0.4) is 0 Å². The number of benzene rings is 2. The fraction of sp³-hybridized carbons (Fsp3) is 0.176. The molecule has 0 aliphatic carbocycles. The number of carbonyl (C=O) groups excluding carboxylic acids is 2. The summed E-state index contributed by atoms with van der Waals surface area (Å²) in [5.41, 5.74) is -0.263. The molecule has 0 unspecified atom stereocenters. The first-order chi connectivity index (χ1) is 10.9. The maximum atomic E-state index is 13.8. The molecule has 1 amide bonds. The van der Waals surface area contributed by atoms with Gasteiger partial charge >= 0.3 is 5.97 Å². The van der Waals surface area contributed by atoms with Gasteiger partial charge in [-0.2, -0.15) is 0 Å². The minimum atomic E-state index is -1.41. The Morgan fingerprint density at radius 2 is 2.04 bits per heavy atom. The lowest BCUT2D eigenvalue weighted by atomic mass is 9.89. The average molecular weight is 334 g/mol. The van der Waals surface area contributed by atoms with E-state index in [0.29, 0.717) is 5.56 Å². The molecule has 23 heavy (non-hydrogen) atoms. The summed E-state index contributed by atoms with van der Waals surface area (Å²) in [6.45, 7) is 1.50. The van der Waals surface area contributed by atoms with Gasteiger partial charge in [0.2, 0.25) is 0 Å². The highest BCUT2D eigenvalue weighted by molar-refractivity contribution is 6.30. The fourth-order valence-electron chi connectivity index (χ4n) is 2.50. The lowest BCUT2D eigenvalue weighted by Crippen LogP contribution is -2.49. The van der Waals surface area contributed by atoms with Crippen molar-refractivity contribution in [3.05, 3.63) is 64.4 Å². The molecule has 2 aromatic carbocycles. The Hall–Kier alpha value is -2.40. The van der Waals surface area contributed by atoms with Crippen molar-refractivity contribution < 1.29 is 18.7 Å². The molecule has 3 rings (SSSR count). The average Bonchev–Trinajstić information content (AvgIpc) is 2.50. The van der Waals surface area contributed by atoms with Gasteiger partial charge in [-0.3, -0.25) is 4.79 Å². The zero-order chi connectivity index (χ0) is 16.6. The van der Waals surface area contributed by atoms with E-state index in [1.165, 1.54) is 19.1 Å². The van der Waals surface area contributed by atoms with E-state index in [-0.39, 0.29) is 17.1 Å². The third kappa shape index (κ3) is 2.92. The van der Waals surface area contributed by atoms with Crippen LogP contribution in [0.4, 0.5) is 10.1 Å². The Kier molecular flexibility index (Phi) is 3.82. The molecule has 1 N–H and O–H groups in total. The second kappa shape index (κ2) is 5.66. The topological polar surface area (TPSA) is 55.4 Å². The minimum Gasteiger partial charge on any atom is -0.445 e. The van der Waals surface area contributed by atoms with Crippen molar-refractivity contribution in [2.45, 2.75) is 18.9 Å².